The average molecular weight is 406 g/mol. The molecule has 0 aromatic heterocycles. The SMILES string of the molecule is CCOc1ccc(NC(=O)COc2cc(C)c(Br)cc2C(C)C)cc1. The van der Waals surface area contributed by atoms with E-state index < -0.39 is 0 Å². The summed E-state index contributed by atoms with van der Waals surface area (Å²) < 4.78 is 12.2. The summed E-state index contributed by atoms with van der Waals surface area (Å²) in [5.74, 6) is 1.64. The number of anilines is 1. The first-order valence-electron chi connectivity index (χ1n) is 8.36. The number of hydrogen-bond donors (Lipinski definition) is 1. The van der Waals surface area contributed by atoms with E-state index >= 15 is 0 Å². The van der Waals surface area contributed by atoms with Crippen molar-refractivity contribution in [2.45, 2.75) is 33.6 Å². The van der Waals surface area contributed by atoms with Crippen molar-refractivity contribution >= 4 is 27.5 Å². The first-order valence-corrected chi connectivity index (χ1v) is 9.15. The van der Waals surface area contributed by atoms with Gasteiger partial charge in [-0.05, 0) is 67.3 Å². The van der Waals surface area contributed by atoms with E-state index in [4.69, 9.17) is 9.47 Å². The van der Waals surface area contributed by atoms with Crippen LogP contribution in [-0.2, 0) is 4.79 Å². The monoisotopic (exact) mass is 405 g/mol. The first kappa shape index (κ1) is 19.3. The van der Waals surface area contributed by atoms with Crippen molar-refractivity contribution in [1.82, 2.24) is 0 Å². The highest BCUT2D eigenvalue weighted by Gasteiger charge is 2.12. The number of carbonyl (C=O) groups is 1. The first-order chi connectivity index (χ1) is 11.9. The molecule has 0 spiro atoms. The third-order valence-electron chi connectivity index (χ3n) is 3.72. The second kappa shape index (κ2) is 8.90. The number of halogens is 1. The van der Waals surface area contributed by atoms with Crippen LogP contribution in [0.3, 0.4) is 0 Å². The molecule has 5 heteroatoms. The zero-order valence-electron chi connectivity index (χ0n) is 15.1. The molecule has 0 bridgehead atoms. The topological polar surface area (TPSA) is 47.6 Å². The molecule has 2 rings (SSSR count). The van der Waals surface area contributed by atoms with Gasteiger partial charge in [-0.1, -0.05) is 29.8 Å². The number of ether oxygens (including phenoxy) is 2. The van der Waals surface area contributed by atoms with Gasteiger partial charge in [-0.15, -0.1) is 0 Å². The Morgan fingerprint density at radius 1 is 1.16 bits per heavy atom. The number of nitrogens with one attached hydrogen (secondary N) is 1. The Bertz CT molecular complexity index is 726. The second-order valence-electron chi connectivity index (χ2n) is 6.09. The summed E-state index contributed by atoms with van der Waals surface area (Å²) >= 11 is 3.54. The van der Waals surface area contributed by atoms with E-state index in [1.54, 1.807) is 0 Å². The Balaban J connectivity index is 1.99. The zero-order valence-corrected chi connectivity index (χ0v) is 16.6. The lowest BCUT2D eigenvalue weighted by atomic mass is 10.0. The average Bonchev–Trinajstić information content (AvgIpc) is 2.57. The normalized spacial score (nSPS) is 10.6. The molecule has 25 heavy (non-hydrogen) atoms. The molecule has 0 aliphatic carbocycles. The largest absolute Gasteiger partial charge is 0.494 e. The van der Waals surface area contributed by atoms with Gasteiger partial charge in [-0.3, -0.25) is 4.79 Å². The maximum absolute atomic E-state index is 12.2. The van der Waals surface area contributed by atoms with Crippen LogP contribution in [0, 0.1) is 6.92 Å². The van der Waals surface area contributed by atoms with Crippen molar-refractivity contribution in [3.8, 4) is 11.5 Å². The summed E-state index contributed by atoms with van der Waals surface area (Å²) in [4.78, 5) is 12.2. The fourth-order valence-corrected chi connectivity index (χ4v) is 2.75. The van der Waals surface area contributed by atoms with Gasteiger partial charge in [0.2, 0.25) is 0 Å². The molecular formula is C20H24BrNO3. The lowest BCUT2D eigenvalue weighted by molar-refractivity contribution is -0.118. The number of hydrogen-bond acceptors (Lipinski definition) is 3. The molecule has 2 aromatic carbocycles. The van der Waals surface area contributed by atoms with Crippen LogP contribution in [-0.4, -0.2) is 19.1 Å². The number of carbonyl (C=O) groups excluding carboxylic acids is 1. The second-order valence-corrected chi connectivity index (χ2v) is 6.94. The van der Waals surface area contributed by atoms with E-state index in [2.05, 4.69) is 41.2 Å². The molecule has 1 N–H and O–H groups in total. The molecule has 0 fully saturated rings. The Hall–Kier alpha value is -2.01. The fourth-order valence-electron chi connectivity index (χ4n) is 2.39. The van der Waals surface area contributed by atoms with Crippen molar-refractivity contribution in [1.29, 1.82) is 0 Å². The van der Waals surface area contributed by atoms with Gasteiger partial charge in [-0.2, -0.15) is 0 Å². The van der Waals surface area contributed by atoms with Crippen LogP contribution >= 0.6 is 15.9 Å². The van der Waals surface area contributed by atoms with Crippen molar-refractivity contribution in [2.24, 2.45) is 0 Å². The van der Waals surface area contributed by atoms with E-state index in [9.17, 15) is 4.79 Å². The minimum Gasteiger partial charge on any atom is -0.494 e. The minimum absolute atomic E-state index is 0.0337. The summed E-state index contributed by atoms with van der Waals surface area (Å²) in [6.07, 6.45) is 0. The quantitative estimate of drug-likeness (QED) is 0.679. The van der Waals surface area contributed by atoms with Crippen LogP contribution in [0.1, 0.15) is 37.8 Å². The fraction of sp³-hybridized carbons (Fsp3) is 0.350. The molecule has 0 heterocycles. The third kappa shape index (κ3) is 5.49. The van der Waals surface area contributed by atoms with Crippen LogP contribution in [0.4, 0.5) is 5.69 Å². The van der Waals surface area contributed by atoms with Gasteiger partial charge in [-0.25, -0.2) is 0 Å². The van der Waals surface area contributed by atoms with Crippen LogP contribution in [0.5, 0.6) is 11.5 Å². The highest BCUT2D eigenvalue weighted by molar-refractivity contribution is 9.10. The summed E-state index contributed by atoms with van der Waals surface area (Å²) in [6.45, 7) is 8.72. The van der Waals surface area contributed by atoms with Gasteiger partial charge in [0.15, 0.2) is 6.61 Å². The Kier molecular flexibility index (Phi) is 6.88. The number of benzene rings is 2. The van der Waals surface area contributed by atoms with Gasteiger partial charge in [0, 0.05) is 10.2 Å². The van der Waals surface area contributed by atoms with Crippen LogP contribution in [0.25, 0.3) is 0 Å². The highest BCUT2D eigenvalue weighted by Crippen LogP contribution is 2.32. The van der Waals surface area contributed by atoms with E-state index in [-0.39, 0.29) is 12.5 Å². The van der Waals surface area contributed by atoms with Crippen LogP contribution in [0.15, 0.2) is 40.9 Å². The molecule has 4 nitrogen and oxygen atoms in total. The van der Waals surface area contributed by atoms with Gasteiger partial charge in [0.1, 0.15) is 11.5 Å². The van der Waals surface area contributed by atoms with E-state index in [0.29, 0.717) is 18.2 Å². The Morgan fingerprint density at radius 2 is 1.84 bits per heavy atom. The number of amides is 1. The summed E-state index contributed by atoms with van der Waals surface area (Å²) in [5, 5.41) is 2.83. The van der Waals surface area contributed by atoms with Crippen molar-refractivity contribution < 1.29 is 14.3 Å². The van der Waals surface area contributed by atoms with E-state index in [0.717, 1.165) is 27.1 Å². The molecular weight excluding hydrogens is 382 g/mol. The molecule has 0 aliphatic rings. The molecule has 0 aliphatic heterocycles. The van der Waals surface area contributed by atoms with Crippen LogP contribution in [0.2, 0.25) is 0 Å². The van der Waals surface area contributed by atoms with Crippen molar-refractivity contribution in [3.05, 3.63) is 52.0 Å². The molecule has 0 saturated heterocycles. The van der Waals surface area contributed by atoms with Crippen molar-refractivity contribution in [3.63, 3.8) is 0 Å². The van der Waals surface area contributed by atoms with E-state index in [1.807, 2.05) is 44.2 Å². The molecule has 1 amide bonds. The summed E-state index contributed by atoms with van der Waals surface area (Å²) in [6, 6.07) is 11.3. The minimum atomic E-state index is -0.195. The smallest absolute Gasteiger partial charge is 0.262 e. The maximum Gasteiger partial charge on any atom is 0.262 e. The van der Waals surface area contributed by atoms with E-state index in [1.165, 1.54) is 0 Å². The standard InChI is InChI=1S/C20H24BrNO3/c1-5-24-16-8-6-15(7-9-16)22-20(23)12-25-19-10-14(4)18(21)11-17(19)13(2)3/h6-11,13H,5,12H2,1-4H3,(H,22,23). The lowest BCUT2D eigenvalue weighted by Gasteiger charge is -2.16. The Labute approximate surface area is 157 Å². The molecule has 0 atom stereocenters. The predicted octanol–water partition coefficient (Wildman–Crippen LogP) is 5.30. The van der Waals surface area contributed by atoms with Crippen molar-refractivity contribution in [2.75, 3.05) is 18.5 Å². The molecule has 2 aromatic rings. The lowest BCUT2D eigenvalue weighted by Crippen LogP contribution is -2.20. The Morgan fingerprint density at radius 3 is 2.44 bits per heavy atom. The predicted molar refractivity (Wildman–Crippen MR) is 105 cm³/mol. The molecule has 0 unspecified atom stereocenters. The number of rotatable bonds is 7. The number of aryl methyl sites for hydroxylation is 1. The molecule has 0 radical (unpaired) electrons. The van der Waals surface area contributed by atoms with Gasteiger partial charge in [0.05, 0.1) is 6.61 Å². The molecule has 0 saturated carbocycles. The summed E-state index contributed by atoms with van der Waals surface area (Å²) in [7, 11) is 0. The van der Waals surface area contributed by atoms with Gasteiger partial charge >= 0.3 is 0 Å². The third-order valence-corrected chi connectivity index (χ3v) is 4.58. The van der Waals surface area contributed by atoms with Gasteiger partial charge < -0.3 is 14.8 Å². The van der Waals surface area contributed by atoms with Gasteiger partial charge in [0.25, 0.3) is 5.91 Å². The van der Waals surface area contributed by atoms with Crippen LogP contribution < -0.4 is 14.8 Å². The maximum atomic E-state index is 12.2. The highest BCUT2D eigenvalue weighted by atomic mass is 79.9. The molecule has 134 valence electrons. The zero-order chi connectivity index (χ0) is 18.4. The summed E-state index contributed by atoms with van der Waals surface area (Å²) in [5.41, 5.74) is 2.87.